The first-order valence-electron chi connectivity index (χ1n) is 5.90. The minimum Gasteiger partial charge on any atom is -0.478 e. The van der Waals surface area contributed by atoms with Crippen LogP contribution in [0.25, 0.3) is 0 Å². The predicted molar refractivity (Wildman–Crippen MR) is 76.3 cm³/mol. The molecule has 2 aromatic rings. The van der Waals surface area contributed by atoms with E-state index in [1.165, 1.54) is 24.4 Å². The number of amides is 2. The fraction of sp³-hybridized carbons (Fsp3) is 0.0769. The van der Waals surface area contributed by atoms with Gasteiger partial charge in [0.25, 0.3) is 0 Å². The zero-order valence-corrected chi connectivity index (χ0v) is 11.5. The number of aromatic carboxylic acids is 1. The maximum absolute atomic E-state index is 11.7. The van der Waals surface area contributed by atoms with Crippen LogP contribution in [0.2, 0.25) is 5.02 Å². The van der Waals surface area contributed by atoms with Crippen LogP contribution in [0.5, 0.6) is 0 Å². The van der Waals surface area contributed by atoms with Crippen LogP contribution in [0.3, 0.4) is 0 Å². The molecule has 8 heteroatoms. The molecular weight excluding hydrogens is 296 g/mol. The Hall–Kier alpha value is -2.67. The highest BCUT2D eigenvalue weighted by Crippen LogP contribution is 2.20. The molecule has 0 aliphatic carbocycles. The fourth-order valence-electron chi connectivity index (χ4n) is 1.54. The first-order chi connectivity index (χ1) is 10.1. The number of hydrogen-bond donors (Lipinski definition) is 3. The monoisotopic (exact) mass is 306 g/mol. The largest absolute Gasteiger partial charge is 0.478 e. The Bertz CT molecular complexity index is 664. The fourth-order valence-corrected chi connectivity index (χ4v) is 1.80. The molecule has 0 spiro atoms. The summed E-state index contributed by atoms with van der Waals surface area (Å²) in [4.78, 5) is 22.5. The van der Waals surface area contributed by atoms with Gasteiger partial charge in [0.05, 0.1) is 22.8 Å². The van der Waals surface area contributed by atoms with Crippen molar-refractivity contribution in [2.24, 2.45) is 0 Å². The number of urea groups is 1. The maximum Gasteiger partial charge on any atom is 0.337 e. The summed E-state index contributed by atoms with van der Waals surface area (Å²) in [7, 11) is 0. The highest BCUT2D eigenvalue weighted by Gasteiger charge is 2.10. The molecule has 0 atom stereocenters. The molecule has 7 nitrogen and oxygen atoms in total. The van der Waals surface area contributed by atoms with Crippen molar-refractivity contribution in [3.05, 3.63) is 52.8 Å². The van der Waals surface area contributed by atoms with Crippen molar-refractivity contribution in [3.63, 3.8) is 0 Å². The molecule has 1 heterocycles. The van der Waals surface area contributed by atoms with Crippen LogP contribution < -0.4 is 10.6 Å². The molecule has 1 aromatic carbocycles. The van der Waals surface area contributed by atoms with Crippen LogP contribution in [0.15, 0.2) is 36.5 Å². The summed E-state index contributed by atoms with van der Waals surface area (Å²) in [6, 6.07) is 7.13. The highest BCUT2D eigenvalue weighted by atomic mass is 35.5. The van der Waals surface area contributed by atoms with E-state index in [4.69, 9.17) is 16.7 Å². The second-order valence-corrected chi connectivity index (χ2v) is 4.43. The summed E-state index contributed by atoms with van der Waals surface area (Å²) in [5.41, 5.74) is 0.982. The van der Waals surface area contributed by atoms with E-state index in [1.807, 2.05) is 0 Å². The van der Waals surface area contributed by atoms with Gasteiger partial charge in [0.2, 0.25) is 0 Å². The molecule has 0 fully saturated rings. The zero-order valence-electron chi connectivity index (χ0n) is 10.7. The minimum absolute atomic E-state index is 0.0258. The smallest absolute Gasteiger partial charge is 0.337 e. The average Bonchev–Trinajstić information content (AvgIpc) is 2.46. The first-order valence-corrected chi connectivity index (χ1v) is 6.28. The molecule has 2 rings (SSSR count). The Morgan fingerprint density at radius 2 is 2.10 bits per heavy atom. The van der Waals surface area contributed by atoms with Gasteiger partial charge in [0.15, 0.2) is 0 Å². The average molecular weight is 307 g/mol. The van der Waals surface area contributed by atoms with Gasteiger partial charge in [-0.1, -0.05) is 11.6 Å². The zero-order chi connectivity index (χ0) is 15.2. The van der Waals surface area contributed by atoms with Crippen molar-refractivity contribution in [1.82, 2.24) is 15.5 Å². The van der Waals surface area contributed by atoms with Gasteiger partial charge in [-0.3, -0.25) is 0 Å². The number of nitrogens with zero attached hydrogens (tertiary/aromatic N) is 2. The van der Waals surface area contributed by atoms with Gasteiger partial charge in [0.1, 0.15) is 0 Å². The number of benzene rings is 1. The third-order valence-corrected chi connectivity index (χ3v) is 2.83. The molecule has 0 aliphatic heterocycles. The molecule has 0 unspecified atom stereocenters. The van der Waals surface area contributed by atoms with Crippen LogP contribution in [-0.4, -0.2) is 27.3 Å². The summed E-state index contributed by atoms with van der Waals surface area (Å²) in [6.45, 7) is 0.223. The van der Waals surface area contributed by atoms with Crippen molar-refractivity contribution in [3.8, 4) is 0 Å². The number of aromatic nitrogens is 2. The Labute approximate surface area is 125 Å². The number of rotatable bonds is 4. The molecule has 0 bridgehead atoms. The molecule has 21 heavy (non-hydrogen) atoms. The van der Waals surface area contributed by atoms with Crippen LogP contribution in [-0.2, 0) is 6.54 Å². The highest BCUT2D eigenvalue weighted by molar-refractivity contribution is 6.33. The van der Waals surface area contributed by atoms with Crippen molar-refractivity contribution < 1.29 is 14.7 Å². The molecule has 3 N–H and O–H groups in total. The van der Waals surface area contributed by atoms with Crippen LogP contribution in [0.4, 0.5) is 10.5 Å². The molecule has 0 aliphatic rings. The van der Waals surface area contributed by atoms with E-state index in [0.29, 0.717) is 11.4 Å². The number of nitrogens with one attached hydrogen (secondary N) is 2. The number of carbonyl (C=O) groups excluding carboxylic acids is 1. The quantitative estimate of drug-likeness (QED) is 0.803. The summed E-state index contributed by atoms with van der Waals surface area (Å²) in [5.74, 6) is -1.13. The number of carbonyl (C=O) groups is 2. The topological polar surface area (TPSA) is 104 Å². The van der Waals surface area contributed by atoms with Gasteiger partial charge < -0.3 is 15.7 Å². The summed E-state index contributed by atoms with van der Waals surface area (Å²) in [6.07, 6.45) is 1.54. The third kappa shape index (κ3) is 4.15. The van der Waals surface area contributed by atoms with E-state index in [0.717, 1.165) is 0 Å². The Balaban J connectivity index is 1.94. The second kappa shape index (κ2) is 6.67. The SMILES string of the molecule is O=C(NCc1cccnn1)Nc1ccc(C(=O)O)c(Cl)c1. The molecule has 0 radical (unpaired) electrons. The van der Waals surface area contributed by atoms with Gasteiger partial charge in [-0.05, 0) is 30.3 Å². The molecular formula is C13H11ClN4O3. The molecule has 0 saturated carbocycles. The van der Waals surface area contributed by atoms with E-state index >= 15 is 0 Å². The van der Waals surface area contributed by atoms with E-state index in [9.17, 15) is 9.59 Å². The van der Waals surface area contributed by atoms with Gasteiger partial charge in [-0.2, -0.15) is 10.2 Å². The number of anilines is 1. The molecule has 0 saturated heterocycles. The van der Waals surface area contributed by atoms with E-state index < -0.39 is 12.0 Å². The third-order valence-electron chi connectivity index (χ3n) is 2.51. The summed E-state index contributed by atoms with van der Waals surface area (Å²) >= 11 is 5.81. The molecule has 1 aromatic heterocycles. The van der Waals surface area contributed by atoms with Crippen LogP contribution in [0, 0.1) is 0 Å². The predicted octanol–water partition coefficient (Wildman–Crippen LogP) is 2.15. The van der Waals surface area contributed by atoms with Crippen LogP contribution in [0.1, 0.15) is 16.1 Å². The normalized spacial score (nSPS) is 9.95. The number of halogens is 1. The Morgan fingerprint density at radius 3 is 2.71 bits per heavy atom. The van der Waals surface area contributed by atoms with Crippen molar-refractivity contribution in [2.45, 2.75) is 6.54 Å². The lowest BCUT2D eigenvalue weighted by molar-refractivity contribution is 0.0697. The van der Waals surface area contributed by atoms with Crippen molar-refractivity contribution >= 4 is 29.3 Å². The standard InChI is InChI=1S/C13H11ClN4O3/c14-11-6-8(3-4-10(11)12(19)20)17-13(21)15-7-9-2-1-5-16-18-9/h1-6H,7H2,(H,19,20)(H2,15,17,21). The van der Waals surface area contributed by atoms with E-state index in [-0.39, 0.29) is 17.1 Å². The maximum atomic E-state index is 11.7. The molecule has 2 amide bonds. The van der Waals surface area contributed by atoms with Gasteiger partial charge in [-0.25, -0.2) is 9.59 Å². The lowest BCUT2D eigenvalue weighted by Crippen LogP contribution is -2.28. The Kier molecular flexibility index (Phi) is 4.68. The lowest BCUT2D eigenvalue weighted by atomic mass is 10.2. The van der Waals surface area contributed by atoms with E-state index in [2.05, 4.69) is 20.8 Å². The number of carboxylic acids is 1. The molecule has 108 valence electrons. The van der Waals surface area contributed by atoms with Crippen LogP contribution >= 0.6 is 11.6 Å². The summed E-state index contributed by atoms with van der Waals surface area (Å²) < 4.78 is 0. The first kappa shape index (κ1) is 14.7. The Morgan fingerprint density at radius 1 is 1.29 bits per heavy atom. The van der Waals surface area contributed by atoms with E-state index in [1.54, 1.807) is 12.1 Å². The second-order valence-electron chi connectivity index (χ2n) is 4.02. The minimum atomic E-state index is -1.13. The van der Waals surface area contributed by atoms with Gasteiger partial charge >= 0.3 is 12.0 Å². The number of hydrogen-bond acceptors (Lipinski definition) is 4. The van der Waals surface area contributed by atoms with Crippen molar-refractivity contribution in [1.29, 1.82) is 0 Å². The number of carboxylic acid groups (broad SMARTS) is 1. The van der Waals surface area contributed by atoms with Gasteiger partial charge in [0, 0.05) is 11.9 Å². The lowest BCUT2D eigenvalue weighted by Gasteiger charge is -2.08. The van der Waals surface area contributed by atoms with Crippen molar-refractivity contribution in [2.75, 3.05) is 5.32 Å². The summed E-state index contributed by atoms with van der Waals surface area (Å²) in [5, 5.41) is 21.6. The van der Waals surface area contributed by atoms with Gasteiger partial charge in [-0.15, -0.1) is 0 Å².